The smallest absolute Gasteiger partial charge is 0.361 e. The van der Waals surface area contributed by atoms with E-state index in [1.165, 1.54) is 0 Å². The van der Waals surface area contributed by atoms with Gasteiger partial charge in [-0.25, -0.2) is 4.79 Å². The zero-order valence-electron chi connectivity index (χ0n) is 41.5. The maximum atomic E-state index is 14.8. The normalized spacial score (nSPS) is 15.1. The van der Waals surface area contributed by atoms with Crippen LogP contribution in [0.5, 0.6) is 51.7 Å². The largest absolute Gasteiger partial charge is 0.489 e. The molecule has 0 saturated heterocycles. The highest BCUT2D eigenvalue weighted by molar-refractivity contribution is 5.91. The molecule has 0 amide bonds. The standard InChI is InChI=1S/C63H56O12/c1-3-30-66-56-33-49(34-57-61(56)75-63(74-57)65-4-2)62(64)73-58-37-51-52(68-39-44-22-12-6-13-23-44)35-50(67-38-43-20-10-5-11-21-43)36-53(51)72-59(58)48-31-54(69-40-45-24-14-7-15-25-45)60(71-42-47-28-18-9-19-29-47)55(32-48)70-41-46-26-16-8-17-27-46/h3,5-29,31-36,58-59,63H,1,4,30,37-42H2,2H3/t58-,59-,63?/m1/s1. The number of rotatable bonds is 23. The Bertz CT molecular complexity index is 3090. The first kappa shape index (κ1) is 49.7. The lowest BCUT2D eigenvalue weighted by Gasteiger charge is -2.35. The Hall–Kier alpha value is -8.87. The van der Waals surface area contributed by atoms with Crippen LogP contribution in [0.25, 0.3) is 0 Å². The minimum Gasteiger partial charge on any atom is -0.489 e. The molecule has 0 aliphatic carbocycles. The molecule has 12 heteroatoms. The van der Waals surface area contributed by atoms with Gasteiger partial charge >= 0.3 is 12.4 Å². The van der Waals surface area contributed by atoms with E-state index in [0.717, 1.165) is 27.8 Å². The van der Waals surface area contributed by atoms with Crippen molar-refractivity contribution in [2.24, 2.45) is 0 Å². The minimum absolute atomic E-state index is 0.139. The maximum absolute atomic E-state index is 14.8. The van der Waals surface area contributed by atoms with Gasteiger partial charge in [-0.3, -0.25) is 0 Å². The van der Waals surface area contributed by atoms with Crippen LogP contribution < -0.4 is 42.6 Å². The van der Waals surface area contributed by atoms with Crippen LogP contribution in [0.3, 0.4) is 0 Å². The summed E-state index contributed by atoms with van der Waals surface area (Å²) < 4.78 is 70.6. The molecule has 8 aromatic rings. The Morgan fingerprint density at radius 1 is 0.533 bits per heavy atom. The number of fused-ring (bicyclic) bond motifs is 2. The molecule has 3 atom stereocenters. The van der Waals surface area contributed by atoms with Crippen LogP contribution in [0.2, 0.25) is 0 Å². The van der Waals surface area contributed by atoms with Gasteiger partial charge in [0.15, 0.2) is 29.1 Å². The van der Waals surface area contributed by atoms with Crippen LogP contribution in [0.4, 0.5) is 0 Å². The fraction of sp³-hybridized carbons (Fsp3) is 0.190. The lowest BCUT2D eigenvalue weighted by Crippen LogP contribution is -2.35. The van der Waals surface area contributed by atoms with Crippen molar-refractivity contribution in [2.75, 3.05) is 13.2 Å². The van der Waals surface area contributed by atoms with E-state index in [1.54, 1.807) is 18.2 Å². The highest BCUT2D eigenvalue weighted by atomic mass is 16.9. The second kappa shape index (κ2) is 24.2. The Kier molecular flexibility index (Phi) is 16.1. The first-order valence-corrected chi connectivity index (χ1v) is 24.9. The van der Waals surface area contributed by atoms with Crippen molar-refractivity contribution in [3.8, 4) is 51.7 Å². The lowest BCUT2D eigenvalue weighted by atomic mass is 9.93. The van der Waals surface area contributed by atoms with Crippen LogP contribution in [0, 0.1) is 0 Å². The van der Waals surface area contributed by atoms with Gasteiger partial charge < -0.3 is 52.1 Å². The molecule has 0 spiro atoms. The zero-order valence-corrected chi connectivity index (χ0v) is 41.5. The van der Waals surface area contributed by atoms with Gasteiger partial charge in [-0.2, -0.15) is 0 Å². The maximum Gasteiger partial charge on any atom is 0.361 e. The van der Waals surface area contributed by atoms with Crippen LogP contribution in [-0.4, -0.2) is 31.8 Å². The summed E-state index contributed by atoms with van der Waals surface area (Å²) >= 11 is 0. The topological polar surface area (TPSA) is 119 Å². The summed E-state index contributed by atoms with van der Waals surface area (Å²) in [6, 6.07) is 60.0. The van der Waals surface area contributed by atoms with Crippen molar-refractivity contribution in [3.63, 3.8) is 0 Å². The summed E-state index contributed by atoms with van der Waals surface area (Å²) in [4.78, 5) is 14.8. The number of ether oxygens (including phenoxy) is 11. The summed E-state index contributed by atoms with van der Waals surface area (Å²) in [5.41, 5.74) is 6.19. The second-order valence-corrected chi connectivity index (χ2v) is 17.7. The molecule has 0 fully saturated rings. The van der Waals surface area contributed by atoms with Gasteiger partial charge in [0.1, 0.15) is 63.0 Å². The minimum atomic E-state index is -1.03. The van der Waals surface area contributed by atoms with Crippen LogP contribution in [0.1, 0.15) is 62.3 Å². The van der Waals surface area contributed by atoms with Crippen molar-refractivity contribution in [3.05, 3.63) is 245 Å². The Balaban J connectivity index is 1.08. The van der Waals surface area contributed by atoms with Gasteiger partial charge in [0.25, 0.3) is 0 Å². The summed E-state index contributed by atoms with van der Waals surface area (Å²) in [5.74, 6) is 2.83. The predicted octanol–water partition coefficient (Wildman–Crippen LogP) is 13.1. The fourth-order valence-corrected chi connectivity index (χ4v) is 8.60. The summed E-state index contributed by atoms with van der Waals surface area (Å²) in [6.07, 6.45) is -0.169. The van der Waals surface area contributed by atoms with Crippen molar-refractivity contribution < 1.29 is 56.9 Å². The molecule has 0 radical (unpaired) electrons. The molecule has 1 unspecified atom stereocenters. The monoisotopic (exact) mass is 1000 g/mol. The predicted molar refractivity (Wildman–Crippen MR) is 282 cm³/mol. The third kappa shape index (κ3) is 12.7. The van der Waals surface area contributed by atoms with Gasteiger partial charge in [0.2, 0.25) is 11.5 Å². The highest BCUT2D eigenvalue weighted by Crippen LogP contribution is 2.49. The van der Waals surface area contributed by atoms with E-state index in [4.69, 9.17) is 52.1 Å². The fourth-order valence-electron chi connectivity index (χ4n) is 8.60. The van der Waals surface area contributed by atoms with Crippen molar-refractivity contribution >= 4 is 5.97 Å². The molecular weight excluding hydrogens is 949 g/mol. The molecule has 0 N–H and O–H groups in total. The van der Waals surface area contributed by atoms with Crippen LogP contribution in [0.15, 0.2) is 201 Å². The summed E-state index contributed by atoms with van der Waals surface area (Å²) in [7, 11) is 0. The molecule has 0 aromatic heterocycles. The molecule has 0 bridgehead atoms. The van der Waals surface area contributed by atoms with Gasteiger partial charge in [-0.05, 0) is 59.0 Å². The number of benzene rings is 8. The number of hydrogen-bond acceptors (Lipinski definition) is 12. The number of hydrogen-bond donors (Lipinski definition) is 0. The number of carbonyl (C=O) groups excluding carboxylic acids is 1. The molecule has 2 aliphatic heterocycles. The molecular formula is C63H56O12. The summed E-state index contributed by atoms with van der Waals surface area (Å²) in [5, 5.41) is 0. The van der Waals surface area contributed by atoms with E-state index >= 15 is 0 Å². The van der Waals surface area contributed by atoms with E-state index in [9.17, 15) is 4.79 Å². The highest BCUT2D eigenvalue weighted by Gasteiger charge is 2.39. The van der Waals surface area contributed by atoms with Gasteiger partial charge in [0, 0.05) is 29.7 Å². The van der Waals surface area contributed by atoms with Crippen LogP contribution >= 0.6 is 0 Å². The number of carbonyl (C=O) groups is 1. The van der Waals surface area contributed by atoms with Crippen molar-refractivity contribution in [2.45, 2.75) is 65.1 Å². The Morgan fingerprint density at radius 3 is 1.56 bits per heavy atom. The second-order valence-electron chi connectivity index (χ2n) is 17.7. The SMILES string of the molecule is C=CCOc1cc(C(=O)O[C@@H]2Cc3c(OCc4ccccc4)cc(OCc4ccccc4)cc3O[C@@H]2c2cc(OCc3ccccc3)c(OCc3ccccc3)c(OCc3ccccc3)c2)cc2c1OC(OCC)O2. The molecule has 0 saturated carbocycles. The molecule has 2 aliphatic rings. The van der Waals surface area contributed by atoms with E-state index in [-0.39, 0.29) is 56.5 Å². The van der Waals surface area contributed by atoms with E-state index in [0.29, 0.717) is 64.6 Å². The van der Waals surface area contributed by atoms with Gasteiger partial charge in [-0.1, -0.05) is 164 Å². The lowest BCUT2D eigenvalue weighted by molar-refractivity contribution is -0.173. The molecule has 8 aromatic carbocycles. The van der Waals surface area contributed by atoms with E-state index < -0.39 is 24.7 Å². The first-order valence-electron chi connectivity index (χ1n) is 24.9. The average molecular weight is 1010 g/mol. The molecule has 75 heavy (non-hydrogen) atoms. The summed E-state index contributed by atoms with van der Waals surface area (Å²) in [6.45, 7) is 6.28. The van der Waals surface area contributed by atoms with Crippen LogP contribution in [-0.2, 0) is 48.9 Å². The van der Waals surface area contributed by atoms with E-state index in [2.05, 4.69) is 6.58 Å². The third-order valence-corrected chi connectivity index (χ3v) is 12.3. The number of esters is 1. The first-order chi connectivity index (χ1) is 37.0. The molecule has 10 rings (SSSR count). The molecule has 380 valence electrons. The van der Waals surface area contributed by atoms with Gasteiger partial charge in [-0.15, -0.1) is 0 Å². The zero-order chi connectivity index (χ0) is 51.2. The van der Waals surface area contributed by atoms with Crippen molar-refractivity contribution in [1.29, 1.82) is 0 Å². The van der Waals surface area contributed by atoms with Crippen molar-refractivity contribution in [1.82, 2.24) is 0 Å². The Labute approximate surface area is 436 Å². The average Bonchev–Trinajstić information content (AvgIpc) is 3.88. The van der Waals surface area contributed by atoms with Gasteiger partial charge in [0.05, 0.1) is 12.2 Å². The Morgan fingerprint density at radius 2 is 1.04 bits per heavy atom. The van der Waals surface area contributed by atoms with E-state index in [1.807, 2.05) is 183 Å². The quantitative estimate of drug-likeness (QED) is 0.0448. The molecule has 2 heterocycles. The molecule has 12 nitrogen and oxygen atoms in total. The third-order valence-electron chi connectivity index (χ3n) is 12.3.